The zero-order valence-corrected chi connectivity index (χ0v) is 15.0. The van der Waals surface area contributed by atoms with E-state index in [1.54, 1.807) is 6.07 Å². The number of carbonyl (C=O) groups is 2. The first kappa shape index (κ1) is 18.0. The van der Waals surface area contributed by atoms with E-state index in [9.17, 15) is 9.59 Å². The predicted molar refractivity (Wildman–Crippen MR) is 101 cm³/mol. The van der Waals surface area contributed by atoms with Gasteiger partial charge in [0, 0.05) is 28.0 Å². The lowest BCUT2D eigenvalue weighted by Gasteiger charge is -2.10. The van der Waals surface area contributed by atoms with Crippen molar-refractivity contribution in [2.75, 3.05) is 22.5 Å². The molecule has 0 bridgehead atoms. The van der Waals surface area contributed by atoms with Crippen LogP contribution in [-0.2, 0) is 9.59 Å². The summed E-state index contributed by atoms with van der Waals surface area (Å²) in [4.78, 5) is 23.6. The molecule has 5 nitrogen and oxygen atoms in total. The highest BCUT2D eigenvalue weighted by molar-refractivity contribution is 9.10. The molecule has 0 saturated carbocycles. The largest absolute Gasteiger partial charge is 0.376 e. The topological polar surface area (TPSA) is 70.2 Å². The van der Waals surface area contributed by atoms with Crippen LogP contribution in [0.3, 0.4) is 0 Å². The molecule has 0 saturated heterocycles. The maximum Gasteiger partial charge on any atom is 0.243 e. The van der Waals surface area contributed by atoms with Crippen LogP contribution < -0.4 is 16.0 Å². The number of carbonyl (C=O) groups excluding carboxylic acids is 2. The number of benzene rings is 2. The smallest absolute Gasteiger partial charge is 0.243 e. The average molecular weight is 390 g/mol. The first-order valence-electron chi connectivity index (χ1n) is 7.76. The highest BCUT2D eigenvalue weighted by Crippen LogP contribution is 2.17. The standard InChI is InChI=1S/C18H20BrN3O2/c1-2-5-17(23)21-16-9-4-7-14(11-16)20-12-18(24)22-15-8-3-6-13(19)10-15/h3-4,6-11,20H,2,5,12H2,1H3,(H,21,23)(H,22,24). The third-order valence-corrected chi connectivity index (χ3v) is 3.68. The van der Waals surface area contributed by atoms with Gasteiger partial charge in [-0.1, -0.05) is 35.0 Å². The molecule has 0 unspecified atom stereocenters. The highest BCUT2D eigenvalue weighted by atomic mass is 79.9. The molecule has 0 aliphatic rings. The molecule has 0 fully saturated rings. The Bertz CT molecular complexity index is 719. The lowest BCUT2D eigenvalue weighted by atomic mass is 10.2. The van der Waals surface area contributed by atoms with Crippen LogP contribution in [0.15, 0.2) is 53.0 Å². The van der Waals surface area contributed by atoms with Crippen molar-refractivity contribution < 1.29 is 9.59 Å². The van der Waals surface area contributed by atoms with E-state index in [0.717, 1.165) is 22.3 Å². The molecular weight excluding hydrogens is 370 g/mol. The van der Waals surface area contributed by atoms with Crippen LogP contribution in [0.25, 0.3) is 0 Å². The fourth-order valence-corrected chi connectivity index (χ4v) is 2.51. The van der Waals surface area contributed by atoms with Crippen LogP contribution in [0.1, 0.15) is 19.8 Å². The molecule has 6 heteroatoms. The number of nitrogens with one attached hydrogen (secondary N) is 3. The highest BCUT2D eigenvalue weighted by Gasteiger charge is 2.04. The van der Waals surface area contributed by atoms with Gasteiger partial charge in [-0.3, -0.25) is 9.59 Å². The van der Waals surface area contributed by atoms with Crippen molar-refractivity contribution in [3.63, 3.8) is 0 Å². The zero-order valence-electron chi connectivity index (χ0n) is 13.4. The van der Waals surface area contributed by atoms with Gasteiger partial charge in [0.25, 0.3) is 0 Å². The van der Waals surface area contributed by atoms with E-state index in [1.165, 1.54) is 0 Å². The molecule has 0 radical (unpaired) electrons. The van der Waals surface area contributed by atoms with Gasteiger partial charge in [0.2, 0.25) is 11.8 Å². The van der Waals surface area contributed by atoms with Crippen molar-refractivity contribution in [1.29, 1.82) is 0 Å². The Morgan fingerprint density at radius 2 is 1.54 bits per heavy atom. The molecule has 0 spiro atoms. The van der Waals surface area contributed by atoms with E-state index in [0.29, 0.717) is 12.1 Å². The molecule has 0 aliphatic heterocycles. The van der Waals surface area contributed by atoms with Gasteiger partial charge in [0.05, 0.1) is 6.54 Å². The second kappa shape index (κ2) is 9.08. The predicted octanol–water partition coefficient (Wildman–Crippen LogP) is 4.24. The Morgan fingerprint density at radius 3 is 2.25 bits per heavy atom. The summed E-state index contributed by atoms with van der Waals surface area (Å²) in [5.41, 5.74) is 2.22. The maximum atomic E-state index is 12.0. The molecule has 3 N–H and O–H groups in total. The van der Waals surface area contributed by atoms with Gasteiger partial charge in [0.1, 0.15) is 0 Å². The minimum absolute atomic E-state index is 0.0120. The maximum absolute atomic E-state index is 12.0. The monoisotopic (exact) mass is 389 g/mol. The number of hydrogen-bond donors (Lipinski definition) is 3. The molecule has 0 aromatic heterocycles. The summed E-state index contributed by atoms with van der Waals surface area (Å²) in [6, 6.07) is 14.7. The van der Waals surface area contributed by atoms with Crippen molar-refractivity contribution in [1.82, 2.24) is 0 Å². The van der Waals surface area contributed by atoms with Crippen LogP contribution in [0.5, 0.6) is 0 Å². The minimum atomic E-state index is -0.145. The van der Waals surface area contributed by atoms with E-state index in [-0.39, 0.29) is 18.4 Å². The third kappa shape index (κ3) is 6.04. The molecule has 24 heavy (non-hydrogen) atoms. The first-order chi connectivity index (χ1) is 11.6. The molecule has 2 aromatic carbocycles. The van der Waals surface area contributed by atoms with Gasteiger partial charge in [-0.15, -0.1) is 0 Å². The van der Waals surface area contributed by atoms with E-state index >= 15 is 0 Å². The molecule has 0 aliphatic carbocycles. The number of hydrogen-bond acceptors (Lipinski definition) is 3. The molecule has 2 rings (SSSR count). The summed E-state index contributed by atoms with van der Waals surface area (Å²) in [5, 5.41) is 8.70. The van der Waals surface area contributed by atoms with Gasteiger partial charge in [-0.25, -0.2) is 0 Å². The summed E-state index contributed by atoms with van der Waals surface area (Å²) in [6.07, 6.45) is 1.30. The van der Waals surface area contributed by atoms with E-state index in [1.807, 2.05) is 49.4 Å². The van der Waals surface area contributed by atoms with Gasteiger partial charge in [-0.2, -0.15) is 0 Å². The molecule has 126 valence electrons. The quantitative estimate of drug-likeness (QED) is 0.663. The Morgan fingerprint density at radius 1 is 0.917 bits per heavy atom. The average Bonchev–Trinajstić information content (AvgIpc) is 2.53. The Labute approximate surface area is 150 Å². The SMILES string of the molecule is CCCC(=O)Nc1cccc(NCC(=O)Nc2cccc(Br)c2)c1. The molecule has 0 atom stereocenters. The second-order valence-electron chi connectivity index (χ2n) is 5.29. The number of rotatable bonds is 7. The van der Waals surface area contributed by atoms with E-state index < -0.39 is 0 Å². The fourth-order valence-electron chi connectivity index (χ4n) is 2.11. The normalized spacial score (nSPS) is 10.1. The van der Waals surface area contributed by atoms with Crippen LogP contribution in [0, 0.1) is 0 Å². The Hall–Kier alpha value is -2.34. The zero-order chi connectivity index (χ0) is 17.4. The molecular formula is C18H20BrN3O2. The van der Waals surface area contributed by atoms with Crippen molar-refractivity contribution in [2.24, 2.45) is 0 Å². The van der Waals surface area contributed by atoms with Gasteiger partial charge < -0.3 is 16.0 Å². The second-order valence-corrected chi connectivity index (χ2v) is 6.21. The molecule has 2 aromatic rings. The number of halogens is 1. The molecule has 0 heterocycles. The summed E-state index contributed by atoms with van der Waals surface area (Å²) >= 11 is 3.36. The number of anilines is 3. The van der Waals surface area contributed by atoms with Crippen LogP contribution in [0.2, 0.25) is 0 Å². The van der Waals surface area contributed by atoms with Gasteiger partial charge in [0.15, 0.2) is 0 Å². The summed E-state index contributed by atoms with van der Waals surface area (Å²) in [5.74, 6) is -0.157. The Kier molecular flexibility index (Phi) is 6.81. The van der Waals surface area contributed by atoms with Crippen LogP contribution in [-0.4, -0.2) is 18.4 Å². The van der Waals surface area contributed by atoms with Crippen molar-refractivity contribution in [3.05, 3.63) is 53.0 Å². The van der Waals surface area contributed by atoms with Crippen LogP contribution in [0.4, 0.5) is 17.1 Å². The van der Waals surface area contributed by atoms with Gasteiger partial charge >= 0.3 is 0 Å². The number of amides is 2. The van der Waals surface area contributed by atoms with Gasteiger partial charge in [-0.05, 0) is 42.8 Å². The third-order valence-electron chi connectivity index (χ3n) is 3.18. The van der Waals surface area contributed by atoms with Crippen molar-refractivity contribution >= 4 is 44.8 Å². The summed E-state index contributed by atoms with van der Waals surface area (Å²) < 4.78 is 0.906. The van der Waals surface area contributed by atoms with E-state index in [2.05, 4.69) is 31.9 Å². The summed E-state index contributed by atoms with van der Waals surface area (Å²) in [6.45, 7) is 2.10. The lowest BCUT2D eigenvalue weighted by molar-refractivity contribution is -0.116. The van der Waals surface area contributed by atoms with E-state index in [4.69, 9.17) is 0 Å². The Balaban J connectivity index is 1.87. The summed E-state index contributed by atoms with van der Waals surface area (Å²) in [7, 11) is 0. The van der Waals surface area contributed by atoms with Crippen LogP contribution >= 0.6 is 15.9 Å². The molecule has 2 amide bonds. The van der Waals surface area contributed by atoms with Crippen molar-refractivity contribution in [3.8, 4) is 0 Å². The van der Waals surface area contributed by atoms with Crippen molar-refractivity contribution in [2.45, 2.75) is 19.8 Å². The first-order valence-corrected chi connectivity index (χ1v) is 8.55. The fraction of sp³-hybridized carbons (Fsp3) is 0.222. The minimum Gasteiger partial charge on any atom is -0.376 e. The lowest BCUT2D eigenvalue weighted by Crippen LogP contribution is -2.21.